The van der Waals surface area contributed by atoms with Crippen molar-refractivity contribution in [3.63, 3.8) is 0 Å². The van der Waals surface area contributed by atoms with Gasteiger partial charge >= 0.3 is 0 Å². The summed E-state index contributed by atoms with van der Waals surface area (Å²) < 4.78 is 22.7. The van der Waals surface area contributed by atoms with Crippen LogP contribution >= 0.6 is 0 Å². The highest BCUT2D eigenvalue weighted by atomic mass is 32.2. The zero-order chi connectivity index (χ0) is 13.2. The maximum absolute atomic E-state index is 11.9. The molecule has 1 saturated heterocycles. The number of rotatable bonds is 3. The van der Waals surface area contributed by atoms with Crippen LogP contribution in [0.4, 0.5) is 5.69 Å². The normalized spacial score (nSPS) is 19.7. The molecule has 0 unspecified atom stereocenters. The second-order valence-corrected chi connectivity index (χ2v) is 5.71. The second kappa shape index (κ2) is 5.05. The van der Waals surface area contributed by atoms with Crippen molar-refractivity contribution in [2.75, 3.05) is 11.9 Å². The average Bonchev–Trinajstić information content (AvgIpc) is 2.81. The Morgan fingerprint density at radius 3 is 2.72 bits per heavy atom. The molecule has 2 rings (SSSR count). The zero-order valence-corrected chi connectivity index (χ0v) is 10.5. The minimum Gasteiger partial charge on any atom is -0.324 e. The molecule has 18 heavy (non-hydrogen) atoms. The Labute approximate surface area is 106 Å². The fourth-order valence-electron chi connectivity index (χ4n) is 1.95. The summed E-state index contributed by atoms with van der Waals surface area (Å²) in [5.41, 5.74) is 0.221. The van der Waals surface area contributed by atoms with E-state index in [4.69, 9.17) is 5.14 Å². The number of primary sulfonamides is 1. The van der Waals surface area contributed by atoms with Gasteiger partial charge in [-0.15, -0.1) is 0 Å². The maximum Gasteiger partial charge on any atom is 0.241 e. The van der Waals surface area contributed by atoms with Gasteiger partial charge in [-0.25, -0.2) is 13.6 Å². The first kappa shape index (κ1) is 13.0. The summed E-state index contributed by atoms with van der Waals surface area (Å²) in [6.45, 7) is 0.801. The molecule has 1 aromatic carbocycles. The Morgan fingerprint density at radius 1 is 1.39 bits per heavy atom. The van der Waals surface area contributed by atoms with E-state index in [0.29, 0.717) is 0 Å². The van der Waals surface area contributed by atoms with E-state index >= 15 is 0 Å². The topological polar surface area (TPSA) is 101 Å². The minimum atomic E-state index is -3.84. The molecular weight excluding hydrogens is 254 g/mol. The molecular formula is C11H15N3O3S. The number of nitrogens with one attached hydrogen (secondary N) is 2. The number of sulfonamides is 1. The molecule has 7 heteroatoms. The van der Waals surface area contributed by atoms with E-state index in [-0.39, 0.29) is 22.5 Å². The lowest BCUT2D eigenvalue weighted by atomic mass is 10.2. The molecule has 1 aromatic rings. The number of hydrogen-bond donors (Lipinski definition) is 3. The number of anilines is 1. The first-order valence-corrected chi connectivity index (χ1v) is 7.19. The fraction of sp³-hybridized carbons (Fsp3) is 0.364. The molecule has 0 bridgehead atoms. The van der Waals surface area contributed by atoms with Gasteiger partial charge in [-0.2, -0.15) is 0 Å². The number of nitrogens with two attached hydrogens (primary N) is 1. The summed E-state index contributed by atoms with van der Waals surface area (Å²) in [6, 6.07) is 5.83. The Bertz CT molecular complexity index is 550. The highest BCUT2D eigenvalue weighted by molar-refractivity contribution is 7.89. The van der Waals surface area contributed by atoms with Gasteiger partial charge < -0.3 is 10.6 Å². The molecule has 1 aliphatic heterocycles. The lowest BCUT2D eigenvalue weighted by Gasteiger charge is -2.13. The van der Waals surface area contributed by atoms with Gasteiger partial charge in [0.1, 0.15) is 4.90 Å². The summed E-state index contributed by atoms with van der Waals surface area (Å²) >= 11 is 0. The third-order valence-electron chi connectivity index (χ3n) is 2.83. The molecule has 1 amide bonds. The van der Waals surface area contributed by atoms with Crippen LogP contribution < -0.4 is 15.8 Å². The van der Waals surface area contributed by atoms with Crippen LogP contribution in [0.3, 0.4) is 0 Å². The third-order valence-corrected chi connectivity index (χ3v) is 3.80. The van der Waals surface area contributed by atoms with Crippen molar-refractivity contribution in [3.05, 3.63) is 24.3 Å². The summed E-state index contributed by atoms with van der Waals surface area (Å²) in [5.74, 6) is -0.233. The van der Waals surface area contributed by atoms with Crippen LogP contribution in [-0.2, 0) is 14.8 Å². The molecule has 1 atom stereocenters. The highest BCUT2D eigenvalue weighted by Gasteiger charge is 2.23. The van der Waals surface area contributed by atoms with E-state index in [1.165, 1.54) is 12.1 Å². The first-order valence-electron chi connectivity index (χ1n) is 5.64. The van der Waals surface area contributed by atoms with E-state index < -0.39 is 10.0 Å². The summed E-state index contributed by atoms with van der Waals surface area (Å²) in [4.78, 5) is 11.8. The largest absolute Gasteiger partial charge is 0.324 e. The van der Waals surface area contributed by atoms with Crippen LogP contribution in [0, 0.1) is 0 Å². The maximum atomic E-state index is 11.9. The van der Waals surface area contributed by atoms with Gasteiger partial charge in [0.15, 0.2) is 0 Å². The molecule has 0 saturated carbocycles. The number of carbonyl (C=O) groups is 1. The van der Waals surface area contributed by atoms with Crippen molar-refractivity contribution in [2.45, 2.75) is 23.8 Å². The molecule has 6 nitrogen and oxygen atoms in total. The van der Waals surface area contributed by atoms with E-state index in [9.17, 15) is 13.2 Å². The van der Waals surface area contributed by atoms with Crippen LogP contribution in [0.15, 0.2) is 29.2 Å². The van der Waals surface area contributed by atoms with Gasteiger partial charge in [-0.05, 0) is 31.5 Å². The molecule has 1 heterocycles. The number of benzene rings is 1. The Balaban J connectivity index is 2.21. The van der Waals surface area contributed by atoms with Gasteiger partial charge in [0.05, 0.1) is 11.7 Å². The smallest absolute Gasteiger partial charge is 0.241 e. The fourth-order valence-corrected chi connectivity index (χ4v) is 2.64. The Hall–Kier alpha value is -1.44. The van der Waals surface area contributed by atoms with E-state index in [2.05, 4.69) is 10.6 Å². The predicted molar refractivity (Wildman–Crippen MR) is 67.5 cm³/mol. The second-order valence-electron chi connectivity index (χ2n) is 4.18. The predicted octanol–water partition coefficient (Wildman–Crippen LogP) is 0.0245. The highest BCUT2D eigenvalue weighted by Crippen LogP contribution is 2.20. The van der Waals surface area contributed by atoms with Crippen molar-refractivity contribution >= 4 is 21.6 Å². The lowest BCUT2D eigenvalue weighted by Crippen LogP contribution is -2.36. The molecule has 0 aromatic heterocycles. The summed E-state index contributed by atoms with van der Waals surface area (Å²) in [7, 11) is -3.84. The van der Waals surface area contributed by atoms with Crippen LogP contribution in [0.1, 0.15) is 12.8 Å². The first-order chi connectivity index (χ1) is 8.48. The van der Waals surface area contributed by atoms with Gasteiger partial charge in [-0.3, -0.25) is 4.79 Å². The van der Waals surface area contributed by atoms with E-state index in [1.807, 2.05) is 0 Å². The van der Waals surface area contributed by atoms with Crippen molar-refractivity contribution in [1.29, 1.82) is 0 Å². The van der Waals surface area contributed by atoms with Crippen molar-refractivity contribution < 1.29 is 13.2 Å². The van der Waals surface area contributed by atoms with Crippen LogP contribution in [0.5, 0.6) is 0 Å². The third kappa shape index (κ3) is 2.87. The van der Waals surface area contributed by atoms with Crippen molar-refractivity contribution in [1.82, 2.24) is 5.32 Å². The number of carbonyl (C=O) groups excluding carboxylic acids is 1. The molecule has 4 N–H and O–H groups in total. The number of para-hydroxylation sites is 1. The van der Waals surface area contributed by atoms with Crippen LogP contribution in [-0.4, -0.2) is 26.9 Å². The SMILES string of the molecule is NS(=O)(=O)c1ccccc1NC(=O)[C@H]1CCCN1. The van der Waals surface area contributed by atoms with E-state index in [1.54, 1.807) is 12.1 Å². The Kier molecular flexibility index (Phi) is 3.65. The summed E-state index contributed by atoms with van der Waals surface area (Å²) in [5, 5.41) is 10.7. The van der Waals surface area contributed by atoms with Crippen LogP contribution in [0.25, 0.3) is 0 Å². The quantitative estimate of drug-likeness (QED) is 0.720. The molecule has 1 aliphatic rings. The lowest BCUT2D eigenvalue weighted by molar-refractivity contribution is -0.117. The molecule has 0 spiro atoms. The molecule has 98 valence electrons. The molecule has 0 aliphatic carbocycles. The standard InChI is InChI=1S/C11H15N3O3S/c12-18(16,17)10-6-2-1-4-8(10)14-11(15)9-5-3-7-13-9/h1-2,4,6,9,13H,3,5,7H2,(H,14,15)(H2,12,16,17)/t9-/m1/s1. The number of hydrogen-bond acceptors (Lipinski definition) is 4. The molecule has 1 fully saturated rings. The van der Waals surface area contributed by atoms with Gasteiger partial charge in [-0.1, -0.05) is 12.1 Å². The number of amides is 1. The zero-order valence-electron chi connectivity index (χ0n) is 9.72. The summed E-state index contributed by atoms with van der Waals surface area (Å²) in [6.07, 6.45) is 1.69. The molecule has 0 radical (unpaired) electrons. The van der Waals surface area contributed by atoms with Gasteiger partial charge in [0, 0.05) is 0 Å². The van der Waals surface area contributed by atoms with Crippen molar-refractivity contribution in [3.8, 4) is 0 Å². The Morgan fingerprint density at radius 2 is 2.11 bits per heavy atom. The minimum absolute atomic E-state index is 0.0728. The van der Waals surface area contributed by atoms with Crippen LogP contribution in [0.2, 0.25) is 0 Å². The van der Waals surface area contributed by atoms with E-state index in [0.717, 1.165) is 19.4 Å². The van der Waals surface area contributed by atoms with Crippen molar-refractivity contribution in [2.24, 2.45) is 5.14 Å². The average molecular weight is 269 g/mol. The monoisotopic (exact) mass is 269 g/mol. The van der Waals surface area contributed by atoms with Gasteiger partial charge in [0.25, 0.3) is 0 Å². The van der Waals surface area contributed by atoms with Gasteiger partial charge in [0.2, 0.25) is 15.9 Å².